The van der Waals surface area contributed by atoms with Gasteiger partial charge in [0.15, 0.2) is 12.4 Å². The van der Waals surface area contributed by atoms with Gasteiger partial charge in [0, 0.05) is 22.7 Å². The summed E-state index contributed by atoms with van der Waals surface area (Å²) in [5.74, 6) is 1.47. The SMILES string of the molecule is CCc1ccccc1OCC(=O)N1CCc2c(noc2-c2ccc(Cl)cc2)C1. The number of rotatable bonds is 5. The van der Waals surface area contributed by atoms with E-state index in [2.05, 4.69) is 12.1 Å². The third-order valence-electron chi connectivity index (χ3n) is 5.01. The number of amides is 1. The summed E-state index contributed by atoms with van der Waals surface area (Å²) in [7, 11) is 0. The Morgan fingerprint density at radius 3 is 2.79 bits per heavy atom. The molecule has 0 radical (unpaired) electrons. The molecule has 144 valence electrons. The number of para-hydroxylation sites is 1. The van der Waals surface area contributed by atoms with Crippen LogP contribution < -0.4 is 4.74 Å². The molecule has 0 bridgehead atoms. The molecule has 28 heavy (non-hydrogen) atoms. The molecule has 0 unspecified atom stereocenters. The van der Waals surface area contributed by atoms with Gasteiger partial charge in [-0.1, -0.05) is 41.9 Å². The third kappa shape index (κ3) is 3.76. The molecular formula is C22H21ClN2O3. The molecule has 1 aromatic heterocycles. The van der Waals surface area contributed by atoms with Crippen LogP contribution in [0.1, 0.15) is 23.7 Å². The van der Waals surface area contributed by atoms with Gasteiger partial charge in [-0.3, -0.25) is 4.79 Å². The number of benzene rings is 2. The van der Waals surface area contributed by atoms with E-state index in [1.807, 2.05) is 48.5 Å². The van der Waals surface area contributed by atoms with Crippen molar-refractivity contribution in [1.29, 1.82) is 0 Å². The zero-order valence-corrected chi connectivity index (χ0v) is 16.4. The summed E-state index contributed by atoms with van der Waals surface area (Å²) in [4.78, 5) is 14.4. The fraction of sp³-hybridized carbons (Fsp3) is 0.273. The number of hydrogen-bond donors (Lipinski definition) is 0. The van der Waals surface area contributed by atoms with Crippen LogP contribution in [0.25, 0.3) is 11.3 Å². The Kier molecular flexibility index (Phi) is 5.35. The van der Waals surface area contributed by atoms with E-state index in [1.165, 1.54) is 0 Å². The lowest BCUT2D eigenvalue weighted by atomic mass is 10.0. The van der Waals surface area contributed by atoms with Crippen molar-refractivity contribution in [3.05, 3.63) is 70.4 Å². The quantitative estimate of drug-likeness (QED) is 0.636. The van der Waals surface area contributed by atoms with Gasteiger partial charge in [-0.25, -0.2) is 0 Å². The zero-order valence-electron chi connectivity index (χ0n) is 15.7. The highest BCUT2D eigenvalue weighted by atomic mass is 35.5. The predicted octanol–water partition coefficient (Wildman–Crippen LogP) is 4.52. The number of halogens is 1. The molecule has 2 heterocycles. The Labute approximate surface area is 168 Å². The summed E-state index contributed by atoms with van der Waals surface area (Å²) in [6.07, 6.45) is 1.57. The van der Waals surface area contributed by atoms with Gasteiger partial charge in [0.25, 0.3) is 5.91 Å². The van der Waals surface area contributed by atoms with E-state index in [0.29, 0.717) is 24.5 Å². The topological polar surface area (TPSA) is 55.6 Å². The summed E-state index contributed by atoms with van der Waals surface area (Å²) in [6, 6.07) is 15.3. The van der Waals surface area contributed by atoms with Crippen molar-refractivity contribution in [1.82, 2.24) is 10.1 Å². The van der Waals surface area contributed by atoms with Gasteiger partial charge in [-0.05, 0) is 48.7 Å². The predicted molar refractivity (Wildman–Crippen MR) is 107 cm³/mol. The normalized spacial score (nSPS) is 13.3. The number of fused-ring (bicyclic) bond motifs is 1. The first-order valence-electron chi connectivity index (χ1n) is 9.37. The highest BCUT2D eigenvalue weighted by molar-refractivity contribution is 6.30. The van der Waals surface area contributed by atoms with Crippen molar-refractivity contribution >= 4 is 17.5 Å². The molecule has 0 atom stereocenters. The number of aryl methyl sites for hydroxylation is 1. The highest BCUT2D eigenvalue weighted by Gasteiger charge is 2.27. The van der Waals surface area contributed by atoms with Crippen molar-refractivity contribution in [2.24, 2.45) is 0 Å². The van der Waals surface area contributed by atoms with Gasteiger partial charge in [0.05, 0.1) is 6.54 Å². The van der Waals surface area contributed by atoms with Crippen molar-refractivity contribution in [3.8, 4) is 17.1 Å². The number of nitrogens with zero attached hydrogens (tertiary/aromatic N) is 2. The van der Waals surface area contributed by atoms with Gasteiger partial charge >= 0.3 is 0 Å². The molecule has 1 aliphatic rings. The molecule has 1 amide bonds. The minimum absolute atomic E-state index is 0.0221. The Morgan fingerprint density at radius 2 is 2.00 bits per heavy atom. The molecule has 2 aromatic carbocycles. The molecule has 6 heteroatoms. The summed E-state index contributed by atoms with van der Waals surface area (Å²) in [6.45, 7) is 3.14. The van der Waals surface area contributed by atoms with E-state index in [0.717, 1.165) is 40.3 Å². The van der Waals surface area contributed by atoms with Crippen LogP contribution in [0.15, 0.2) is 53.1 Å². The van der Waals surface area contributed by atoms with E-state index >= 15 is 0 Å². The van der Waals surface area contributed by atoms with Gasteiger partial charge in [-0.2, -0.15) is 0 Å². The minimum atomic E-state index is -0.0485. The molecular weight excluding hydrogens is 376 g/mol. The average Bonchev–Trinajstić information content (AvgIpc) is 3.16. The lowest BCUT2D eigenvalue weighted by Gasteiger charge is -2.26. The fourth-order valence-electron chi connectivity index (χ4n) is 3.44. The van der Waals surface area contributed by atoms with Crippen LogP contribution in [0.4, 0.5) is 0 Å². The molecule has 3 aromatic rings. The van der Waals surface area contributed by atoms with Gasteiger partial charge < -0.3 is 14.2 Å². The molecule has 0 fully saturated rings. The second-order valence-electron chi connectivity index (χ2n) is 6.76. The number of carbonyl (C=O) groups excluding carboxylic acids is 1. The van der Waals surface area contributed by atoms with Gasteiger partial charge in [-0.15, -0.1) is 0 Å². The summed E-state index contributed by atoms with van der Waals surface area (Å²) >= 11 is 5.96. The van der Waals surface area contributed by atoms with Crippen molar-refractivity contribution < 1.29 is 14.1 Å². The van der Waals surface area contributed by atoms with Crippen LogP contribution in [0.2, 0.25) is 5.02 Å². The Bertz CT molecular complexity index is 982. The van der Waals surface area contributed by atoms with Crippen LogP contribution in [0.3, 0.4) is 0 Å². The molecule has 0 aliphatic carbocycles. The van der Waals surface area contributed by atoms with Crippen LogP contribution in [0, 0.1) is 0 Å². The maximum Gasteiger partial charge on any atom is 0.260 e. The number of carbonyl (C=O) groups is 1. The molecule has 0 saturated carbocycles. The average molecular weight is 397 g/mol. The van der Waals surface area contributed by atoms with E-state index in [1.54, 1.807) is 4.90 Å². The van der Waals surface area contributed by atoms with Crippen molar-refractivity contribution in [3.63, 3.8) is 0 Å². The molecule has 0 N–H and O–H groups in total. The Balaban J connectivity index is 1.43. The van der Waals surface area contributed by atoms with Gasteiger partial charge in [0.1, 0.15) is 11.4 Å². The van der Waals surface area contributed by atoms with Crippen LogP contribution >= 0.6 is 11.6 Å². The van der Waals surface area contributed by atoms with Crippen molar-refractivity contribution in [2.45, 2.75) is 26.3 Å². The van der Waals surface area contributed by atoms with Crippen LogP contribution in [-0.4, -0.2) is 29.1 Å². The van der Waals surface area contributed by atoms with Crippen molar-refractivity contribution in [2.75, 3.05) is 13.2 Å². The summed E-state index contributed by atoms with van der Waals surface area (Å²) in [5.41, 5.74) is 3.90. The Hall–Kier alpha value is -2.79. The second kappa shape index (κ2) is 8.07. The fourth-order valence-corrected chi connectivity index (χ4v) is 3.57. The maximum absolute atomic E-state index is 12.6. The number of ether oxygens (including phenoxy) is 1. The zero-order chi connectivity index (χ0) is 19.5. The molecule has 0 spiro atoms. The second-order valence-corrected chi connectivity index (χ2v) is 7.20. The lowest BCUT2D eigenvalue weighted by molar-refractivity contribution is -0.134. The lowest BCUT2D eigenvalue weighted by Crippen LogP contribution is -2.38. The number of hydrogen-bond acceptors (Lipinski definition) is 4. The van der Waals surface area contributed by atoms with E-state index in [4.69, 9.17) is 20.9 Å². The largest absolute Gasteiger partial charge is 0.483 e. The molecule has 4 rings (SSSR count). The first-order valence-corrected chi connectivity index (χ1v) is 9.75. The van der Waals surface area contributed by atoms with Gasteiger partial charge in [0.2, 0.25) is 0 Å². The third-order valence-corrected chi connectivity index (χ3v) is 5.26. The van der Waals surface area contributed by atoms with E-state index < -0.39 is 0 Å². The van der Waals surface area contributed by atoms with Crippen LogP contribution in [-0.2, 0) is 24.2 Å². The standard InChI is InChI=1S/C22H21ClN2O3/c1-2-15-5-3-4-6-20(15)27-14-21(26)25-12-11-18-19(13-25)24-28-22(18)16-7-9-17(23)10-8-16/h3-10H,2,11-14H2,1H3. The van der Waals surface area contributed by atoms with E-state index in [9.17, 15) is 4.79 Å². The summed E-state index contributed by atoms with van der Waals surface area (Å²) < 4.78 is 11.3. The van der Waals surface area contributed by atoms with E-state index in [-0.39, 0.29) is 12.5 Å². The molecule has 5 nitrogen and oxygen atoms in total. The molecule has 1 aliphatic heterocycles. The Morgan fingerprint density at radius 1 is 1.21 bits per heavy atom. The molecule has 0 saturated heterocycles. The first kappa shape index (κ1) is 18.6. The minimum Gasteiger partial charge on any atom is -0.483 e. The van der Waals surface area contributed by atoms with Crippen LogP contribution in [0.5, 0.6) is 5.75 Å². The highest BCUT2D eigenvalue weighted by Crippen LogP contribution is 2.31. The monoisotopic (exact) mass is 396 g/mol. The first-order chi connectivity index (χ1) is 13.7. The smallest absolute Gasteiger partial charge is 0.260 e. The summed E-state index contributed by atoms with van der Waals surface area (Å²) in [5, 5.41) is 4.87. The maximum atomic E-state index is 12.6. The number of aromatic nitrogens is 1.